The van der Waals surface area contributed by atoms with Crippen LogP contribution in [0.3, 0.4) is 0 Å². The first-order chi connectivity index (χ1) is 6.60. The molecular formula is C7H8ClN3O3. The summed E-state index contributed by atoms with van der Waals surface area (Å²) in [5, 5.41) is 10.7. The number of nitro groups is 1. The van der Waals surface area contributed by atoms with Gasteiger partial charge in [-0.25, -0.2) is 0 Å². The molecule has 0 unspecified atom stereocenters. The predicted octanol–water partition coefficient (Wildman–Crippen LogP) is 1.54. The molecule has 0 spiro atoms. The van der Waals surface area contributed by atoms with Crippen LogP contribution in [0, 0.1) is 10.1 Å². The number of anilines is 1. The molecule has 0 fully saturated rings. The number of nitrogens with zero attached hydrogens (tertiary/aromatic N) is 1. The molecule has 76 valence electrons. The van der Waals surface area contributed by atoms with Crippen LogP contribution >= 0.6 is 11.6 Å². The summed E-state index contributed by atoms with van der Waals surface area (Å²) < 4.78 is 4.83. The average molecular weight is 218 g/mol. The van der Waals surface area contributed by atoms with Crippen molar-refractivity contribution in [3.05, 3.63) is 27.3 Å². The monoisotopic (exact) mass is 217 g/mol. The van der Waals surface area contributed by atoms with E-state index in [4.69, 9.17) is 22.2 Å². The fraction of sp³-hybridized carbons (Fsp3) is 0.143. The maximum atomic E-state index is 10.6. The Morgan fingerprint density at radius 1 is 1.64 bits per heavy atom. The fourth-order valence-electron chi connectivity index (χ4n) is 0.973. The van der Waals surface area contributed by atoms with Gasteiger partial charge in [-0.05, 0) is 0 Å². The van der Waals surface area contributed by atoms with Gasteiger partial charge < -0.3 is 10.2 Å². The molecule has 1 aromatic rings. The summed E-state index contributed by atoms with van der Waals surface area (Å²) in [6.07, 6.45) is 0. The van der Waals surface area contributed by atoms with E-state index in [9.17, 15) is 10.1 Å². The molecule has 0 aliphatic carbocycles. The normalized spacial score (nSPS) is 9.64. The molecule has 0 radical (unpaired) electrons. The Hall–Kier alpha value is -1.53. The number of nitro benzene ring substituents is 1. The zero-order valence-electron chi connectivity index (χ0n) is 7.28. The highest BCUT2D eigenvalue weighted by Gasteiger charge is 2.18. The van der Waals surface area contributed by atoms with E-state index < -0.39 is 4.92 Å². The van der Waals surface area contributed by atoms with Crippen molar-refractivity contribution < 1.29 is 9.66 Å². The lowest BCUT2D eigenvalue weighted by molar-refractivity contribution is -0.384. The van der Waals surface area contributed by atoms with E-state index >= 15 is 0 Å². The third kappa shape index (κ3) is 1.86. The van der Waals surface area contributed by atoms with Gasteiger partial charge in [0.1, 0.15) is 11.4 Å². The number of hydrazine groups is 1. The SMILES string of the molecule is COc1cc(Cl)c(NN)c([N+](=O)[O-])c1. The number of benzene rings is 1. The molecule has 0 aliphatic heterocycles. The molecule has 0 saturated heterocycles. The van der Waals surface area contributed by atoms with Crippen molar-refractivity contribution in [1.82, 2.24) is 0 Å². The van der Waals surface area contributed by atoms with E-state index in [2.05, 4.69) is 5.43 Å². The van der Waals surface area contributed by atoms with Gasteiger partial charge in [0.2, 0.25) is 0 Å². The minimum atomic E-state index is -0.594. The van der Waals surface area contributed by atoms with Crippen molar-refractivity contribution in [1.29, 1.82) is 0 Å². The molecule has 3 N–H and O–H groups in total. The molecule has 1 rings (SSSR count). The molecule has 0 saturated carbocycles. The second-order valence-electron chi connectivity index (χ2n) is 2.40. The zero-order valence-corrected chi connectivity index (χ0v) is 8.04. The third-order valence-electron chi connectivity index (χ3n) is 1.62. The molecule has 7 heteroatoms. The van der Waals surface area contributed by atoms with E-state index in [1.807, 2.05) is 0 Å². The van der Waals surface area contributed by atoms with Gasteiger partial charge in [-0.2, -0.15) is 0 Å². The van der Waals surface area contributed by atoms with Gasteiger partial charge in [0.15, 0.2) is 0 Å². The summed E-state index contributed by atoms with van der Waals surface area (Å²) in [5.74, 6) is 5.41. The van der Waals surface area contributed by atoms with Crippen molar-refractivity contribution in [2.75, 3.05) is 12.5 Å². The van der Waals surface area contributed by atoms with Gasteiger partial charge in [-0.1, -0.05) is 11.6 Å². The van der Waals surface area contributed by atoms with Crippen LogP contribution in [0.2, 0.25) is 5.02 Å². The molecule has 0 aliphatic rings. The standard InChI is InChI=1S/C7H8ClN3O3/c1-14-4-2-5(8)7(10-9)6(3-4)11(12)13/h2-3,10H,9H2,1H3. The minimum Gasteiger partial charge on any atom is -0.496 e. The molecule has 1 aromatic carbocycles. The van der Waals surface area contributed by atoms with E-state index in [0.29, 0.717) is 5.75 Å². The topological polar surface area (TPSA) is 90.4 Å². The number of nitrogen functional groups attached to an aromatic ring is 1. The summed E-state index contributed by atoms with van der Waals surface area (Å²) >= 11 is 5.73. The number of nitrogens with two attached hydrogens (primary N) is 1. The largest absolute Gasteiger partial charge is 0.496 e. The lowest BCUT2D eigenvalue weighted by atomic mass is 10.2. The van der Waals surface area contributed by atoms with Crippen LogP contribution in [0.15, 0.2) is 12.1 Å². The zero-order chi connectivity index (χ0) is 10.7. The lowest BCUT2D eigenvalue weighted by Crippen LogP contribution is -2.09. The van der Waals surface area contributed by atoms with Gasteiger partial charge in [-0.3, -0.25) is 16.0 Å². The highest BCUT2D eigenvalue weighted by Crippen LogP contribution is 2.35. The van der Waals surface area contributed by atoms with E-state index in [0.717, 1.165) is 0 Å². The first kappa shape index (κ1) is 10.6. The number of methoxy groups -OCH3 is 1. The molecule has 0 bridgehead atoms. The van der Waals surface area contributed by atoms with Crippen LogP contribution < -0.4 is 16.0 Å². The first-order valence-corrected chi connectivity index (χ1v) is 3.96. The maximum Gasteiger partial charge on any atom is 0.298 e. The number of ether oxygens (including phenoxy) is 1. The highest BCUT2D eigenvalue weighted by molar-refractivity contribution is 6.33. The van der Waals surface area contributed by atoms with Crippen molar-refractivity contribution >= 4 is 23.0 Å². The molecule has 0 aromatic heterocycles. The number of hydrogen-bond acceptors (Lipinski definition) is 5. The van der Waals surface area contributed by atoms with Crippen LogP contribution in [0.25, 0.3) is 0 Å². The summed E-state index contributed by atoms with van der Waals surface area (Å²) in [6, 6.07) is 2.67. The summed E-state index contributed by atoms with van der Waals surface area (Å²) in [7, 11) is 1.39. The van der Waals surface area contributed by atoms with Crippen LogP contribution in [0.5, 0.6) is 5.75 Å². The van der Waals surface area contributed by atoms with E-state index in [-0.39, 0.29) is 16.4 Å². The van der Waals surface area contributed by atoms with Gasteiger partial charge in [0.05, 0.1) is 23.1 Å². The summed E-state index contributed by atoms with van der Waals surface area (Å²) in [5.41, 5.74) is 2.01. The Bertz CT molecular complexity index is 369. The number of rotatable bonds is 3. The van der Waals surface area contributed by atoms with Gasteiger partial charge in [-0.15, -0.1) is 0 Å². The number of hydrogen-bond donors (Lipinski definition) is 2. The van der Waals surface area contributed by atoms with Gasteiger partial charge in [0, 0.05) is 6.07 Å². The minimum absolute atomic E-state index is 0.0671. The van der Waals surface area contributed by atoms with Crippen molar-refractivity contribution in [3.63, 3.8) is 0 Å². The predicted molar refractivity (Wildman–Crippen MR) is 52.5 cm³/mol. The molecule has 14 heavy (non-hydrogen) atoms. The lowest BCUT2D eigenvalue weighted by Gasteiger charge is -2.06. The van der Waals surface area contributed by atoms with Gasteiger partial charge >= 0.3 is 0 Å². The van der Waals surface area contributed by atoms with Crippen LogP contribution in [-0.4, -0.2) is 12.0 Å². The molecule has 0 atom stereocenters. The smallest absolute Gasteiger partial charge is 0.298 e. The fourth-order valence-corrected chi connectivity index (χ4v) is 1.23. The Kier molecular flexibility index (Phi) is 3.10. The van der Waals surface area contributed by atoms with Crippen LogP contribution in [-0.2, 0) is 0 Å². The van der Waals surface area contributed by atoms with Crippen molar-refractivity contribution in [2.24, 2.45) is 5.84 Å². The highest BCUT2D eigenvalue weighted by atomic mass is 35.5. The van der Waals surface area contributed by atoms with E-state index in [1.165, 1.54) is 19.2 Å². The third-order valence-corrected chi connectivity index (χ3v) is 1.92. The van der Waals surface area contributed by atoms with Crippen molar-refractivity contribution in [3.8, 4) is 5.75 Å². The maximum absolute atomic E-state index is 10.6. The second-order valence-corrected chi connectivity index (χ2v) is 2.81. The molecule has 0 amide bonds. The quantitative estimate of drug-likeness (QED) is 0.455. The van der Waals surface area contributed by atoms with Crippen molar-refractivity contribution in [2.45, 2.75) is 0 Å². The Balaban J connectivity index is 3.35. The Morgan fingerprint density at radius 3 is 2.71 bits per heavy atom. The summed E-state index contributed by atoms with van der Waals surface area (Å²) in [6.45, 7) is 0. The molecule has 6 nitrogen and oxygen atoms in total. The molecular weight excluding hydrogens is 210 g/mol. The summed E-state index contributed by atoms with van der Waals surface area (Å²) in [4.78, 5) is 10.0. The first-order valence-electron chi connectivity index (χ1n) is 3.58. The van der Waals surface area contributed by atoms with Gasteiger partial charge in [0.25, 0.3) is 5.69 Å². The Labute approximate surface area is 84.7 Å². The second kappa shape index (κ2) is 4.12. The number of halogens is 1. The van der Waals surface area contributed by atoms with Crippen LogP contribution in [0.4, 0.5) is 11.4 Å². The van der Waals surface area contributed by atoms with Crippen LogP contribution in [0.1, 0.15) is 0 Å². The molecule has 0 heterocycles. The Morgan fingerprint density at radius 2 is 2.29 bits per heavy atom. The average Bonchev–Trinajstić information content (AvgIpc) is 2.16. The number of nitrogens with one attached hydrogen (secondary N) is 1. The van der Waals surface area contributed by atoms with E-state index in [1.54, 1.807) is 0 Å².